The fourth-order valence-electron chi connectivity index (χ4n) is 3.10. The molecule has 0 saturated carbocycles. The van der Waals surface area contributed by atoms with Crippen LogP contribution in [0.25, 0.3) is 0 Å². The lowest BCUT2D eigenvalue weighted by molar-refractivity contribution is -0.138. The van der Waals surface area contributed by atoms with Crippen molar-refractivity contribution < 1.29 is 9.59 Å². The van der Waals surface area contributed by atoms with Crippen LogP contribution in [0.4, 0.5) is 5.69 Å². The highest BCUT2D eigenvalue weighted by atomic mass is 35.5. The number of nitrogens with zero attached hydrogens (tertiary/aromatic N) is 2. The van der Waals surface area contributed by atoms with Gasteiger partial charge in [-0.2, -0.15) is 0 Å². The molecule has 0 radical (unpaired) electrons. The highest BCUT2D eigenvalue weighted by Crippen LogP contribution is 2.15. The molecule has 3 rings (SSSR count). The molecule has 0 aromatic heterocycles. The molecule has 1 saturated heterocycles. The van der Waals surface area contributed by atoms with E-state index in [1.54, 1.807) is 11.8 Å². The molecule has 2 aromatic carbocycles. The van der Waals surface area contributed by atoms with Gasteiger partial charge in [0.2, 0.25) is 11.8 Å². The molecule has 0 unspecified atom stereocenters. The molecule has 0 atom stereocenters. The van der Waals surface area contributed by atoms with Crippen molar-refractivity contribution in [3.05, 3.63) is 64.7 Å². The number of carbonyl (C=O) groups is 2. The van der Waals surface area contributed by atoms with Gasteiger partial charge >= 0.3 is 0 Å². The summed E-state index contributed by atoms with van der Waals surface area (Å²) in [4.78, 5) is 27.5. The lowest BCUT2D eigenvalue weighted by Crippen LogP contribution is -2.50. The van der Waals surface area contributed by atoms with E-state index in [0.717, 1.165) is 28.4 Å². The van der Waals surface area contributed by atoms with Gasteiger partial charge in [0.15, 0.2) is 0 Å². The Balaban J connectivity index is 1.48. The largest absolute Gasteiger partial charge is 0.381 e. The molecule has 0 bridgehead atoms. The van der Waals surface area contributed by atoms with Gasteiger partial charge in [-0.05, 0) is 35.4 Å². The molecule has 27 heavy (non-hydrogen) atoms. The minimum Gasteiger partial charge on any atom is -0.381 e. The SMILES string of the molecule is CC(=O)N1CCN(C(=O)Cc2ccc(NCc3ccc(Cl)cc3)cc2)CC1. The van der Waals surface area contributed by atoms with E-state index >= 15 is 0 Å². The number of amides is 2. The van der Waals surface area contributed by atoms with Gasteiger partial charge in [0.25, 0.3) is 0 Å². The van der Waals surface area contributed by atoms with Gasteiger partial charge < -0.3 is 15.1 Å². The van der Waals surface area contributed by atoms with Gasteiger partial charge in [0.05, 0.1) is 6.42 Å². The third-order valence-corrected chi connectivity index (χ3v) is 5.05. The summed E-state index contributed by atoms with van der Waals surface area (Å²) in [5.41, 5.74) is 3.16. The number of piperazine rings is 1. The van der Waals surface area contributed by atoms with Gasteiger partial charge in [-0.1, -0.05) is 35.9 Å². The number of halogens is 1. The Hall–Kier alpha value is -2.53. The molecule has 5 nitrogen and oxygen atoms in total. The molecule has 0 aliphatic carbocycles. The van der Waals surface area contributed by atoms with Crippen LogP contribution in [0.15, 0.2) is 48.5 Å². The number of nitrogens with one attached hydrogen (secondary N) is 1. The summed E-state index contributed by atoms with van der Waals surface area (Å²) in [6.45, 7) is 4.75. The number of benzene rings is 2. The highest BCUT2D eigenvalue weighted by molar-refractivity contribution is 6.30. The molecule has 6 heteroatoms. The highest BCUT2D eigenvalue weighted by Gasteiger charge is 2.22. The first-order valence-electron chi connectivity index (χ1n) is 9.12. The van der Waals surface area contributed by atoms with Crippen molar-refractivity contribution in [1.82, 2.24) is 9.80 Å². The summed E-state index contributed by atoms with van der Waals surface area (Å²) in [6, 6.07) is 15.7. The number of carbonyl (C=O) groups excluding carboxylic acids is 2. The van der Waals surface area contributed by atoms with Crippen LogP contribution in [0.5, 0.6) is 0 Å². The molecule has 2 amide bonds. The van der Waals surface area contributed by atoms with Crippen LogP contribution >= 0.6 is 11.6 Å². The van der Waals surface area contributed by atoms with E-state index in [1.807, 2.05) is 53.4 Å². The average molecular weight is 386 g/mol. The van der Waals surface area contributed by atoms with Crippen LogP contribution in [0.2, 0.25) is 5.02 Å². The summed E-state index contributed by atoms with van der Waals surface area (Å²) in [7, 11) is 0. The molecule has 1 heterocycles. The van der Waals surface area contributed by atoms with Crippen molar-refractivity contribution in [3.63, 3.8) is 0 Å². The second-order valence-electron chi connectivity index (χ2n) is 6.74. The Morgan fingerprint density at radius 3 is 2.04 bits per heavy atom. The maximum atomic E-state index is 12.5. The second-order valence-corrected chi connectivity index (χ2v) is 7.18. The number of rotatable bonds is 5. The van der Waals surface area contributed by atoms with E-state index in [4.69, 9.17) is 11.6 Å². The minimum atomic E-state index is 0.0730. The maximum Gasteiger partial charge on any atom is 0.227 e. The molecule has 0 spiro atoms. The monoisotopic (exact) mass is 385 g/mol. The van der Waals surface area contributed by atoms with Gasteiger partial charge in [-0.25, -0.2) is 0 Å². The van der Waals surface area contributed by atoms with Gasteiger partial charge in [-0.15, -0.1) is 0 Å². The maximum absolute atomic E-state index is 12.5. The quantitative estimate of drug-likeness (QED) is 0.860. The zero-order valence-electron chi connectivity index (χ0n) is 15.5. The topological polar surface area (TPSA) is 52.7 Å². The second kappa shape index (κ2) is 8.91. The van der Waals surface area contributed by atoms with Gasteiger partial charge in [-0.3, -0.25) is 9.59 Å². The smallest absolute Gasteiger partial charge is 0.227 e. The first kappa shape index (κ1) is 19.2. The predicted octanol–water partition coefficient (Wildman–Crippen LogP) is 3.19. The summed E-state index contributed by atoms with van der Waals surface area (Å²) in [5, 5.41) is 4.10. The molecule has 1 aliphatic rings. The zero-order valence-corrected chi connectivity index (χ0v) is 16.2. The van der Waals surface area contributed by atoms with Crippen molar-refractivity contribution in [2.24, 2.45) is 0 Å². The van der Waals surface area contributed by atoms with Crippen molar-refractivity contribution in [1.29, 1.82) is 0 Å². The first-order chi connectivity index (χ1) is 13.0. The zero-order chi connectivity index (χ0) is 19.2. The van der Waals surface area contributed by atoms with E-state index in [9.17, 15) is 9.59 Å². The Morgan fingerprint density at radius 2 is 1.44 bits per heavy atom. The van der Waals surface area contributed by atoms with E-state index < -0.39 is 0 Å². The third-order valence-electron chi connectivity index (χ3n) is 4.80. The lowest BCUT2D eigenvalue weighted by Gasteiger charge is -2.34. The molecular weight excluding hydrogens is 362 g/mol. The van der Waals surface area contributed by atoms with E-state index in [-0.39, 0.29) is 11.8 Å². The Kier molecular flexibility index (Phi) is 6.35. The molecule has 1 N–H and O–H groups in total. The predicted molar refractivity (Wildman–Crippen MR) is 108 cm³/mol. The van der Waals surface area contributed by atoms with Crippen LogP contribution < -0.4 is 5.32 Å². The Labute approximate surface area is 164 Å². The Bertz CT molecular complexity index is 782. The number of hydrogen-bond donors (Lipinski definition) is 1. The van der Waals surface area contributed by atoms with Crippen molar-refractivity contribution in [3.8, 4) is 0 Å². The van der Waals surface area contributed by atoms with Crippen LogP contribution in [-0.2, 0) is 22.6 Å². The Morgan fingerprint density at radius 1 is 0.889 bits per heavy atom. The van der Waals surface area contributed by atoms with Gasteiger partial charge in [0.1, 0.15) is 0 Å². The summed E-state index contributed by atoms with van der Waals surface area (Å²) in [6.07, 6.45) is 0.386. The lowest BCUT2D eigenvalue weighted by atomic mass is 10.1. The van der Waals surface area contributed by atoms with E-state index in [1.165, 1.54) is 0 Å². The van der Waals surface area contributed by atoms with E-state index in [2.05, 4.69) is 5.32 Å². The van der Waals surface area contributed by atoms with E-state index in [0.29, 0.717) is 32.6 Å². The van der Waals surface area contributed by atoms with Crippen LogP contribution in [-0.4, -0.2) is 47.8 Å². The molecule has 1 aliphatic heterocycles. The molecular formula is C21H24ClN3O2. The molecule has 142 valence electrons. The van der Waals surface area contributed by atoms with Crippen LogP contribution in [0, 0.1) is 0 Å². The third kappa shape index (κ3) is 5.47. The van der Waals surface area contributed by atoms with Crippen LogP contribution in [0.1, 0.15) is 18.1 Å². The fourth-order valence-corrected chi connectivity index (χ4v) is 3.23. The van der Waals surface area contributed by atoms with Crippen LogP contribution in [0.3, 0.4) is 0 Å². The van der Waals surface area contributed by atoms with Crippen molar-refractivity contribution in [2.45, 2.75) is 19.9 Å². The minimum absolute atomic E-state index is 0.0730. The number of anilines is 1. The number of hydrogen-bond acceptors (Lipinski definition) is 3. The van der Waals surface area contributed by atoms with Crippen molar-refractivity contribution >= 4 is 29.1 Å². The summed E-state index contributed by atoms with van der Waals surface area (Å²) in [5.74, 6) is 0.184. The molecule has 1 fully saturated rings. The molecule has 2 aromatic rings. The van der Waals surface area contributed by atoms with Gasteiger partial charge in [0, 0.05) is 50.4 Å². The summed E-state index contributed by atoms with van der Waals surface area (Å²) >= 11 is 5.90. The fraction of sp³-hybridized carbons (Fsp3) is 0.333. The van der Waals surface area contributed by atoms with Crippen molar-refractivity contribution in [2.75, 3.05) is 31.5 Å². The average Bonchev–Trinajstić information content (AvgIpc) is 2.68. The summed E-state index contributed by atoms with van der Waals surface area (Å²) < 4.78 is 0. The standard InChI is InChI=1S/C21H24ClN3O2/c1-16(26)24-10-12-25(13-11-24)21(27)14-17-4-8-20(9-5-17)23-15-18-2-6-19(22)7-3-18/h2-9,23H,10-15H2,1H3. The first-order valence-corrected chi connectivity index (χ1v) is 9.49. The normalized spacial score (nSPS) is 14.1.